The van der Waals surface area contributed by atoms with Crippen LogP contribution in [0.2, 0.25) is 0 Å². The molecule has 4 aromatic rings. The molecule has 0 spiro atoms. The number of benzene rings is 4. The molecule has 0 amide bonds. The molecular weight excluding hydrogens is 419 g/mol. The van der Waals surface area contributed by atoms with E-state index in [4.69, 9.17) is 0 Å². The van der Waals surface area contributed by atoms with E-state index in [1.807, 2.05) is 24.3 Å². The first kappa shape index (κ1) is 21.6. The fourth-order valence-corrected chi connectivity index (χ4v) is 3.55. The summed E-state index contributed by atoms with van der Waals surface area (Å²) in [5.41, 5.74) is 2.95. The predicted molar refractivity (Wildman–Crippen MR) is 116 cm³/mol. The van der Waals surface area contributed by atoms with Crippen LogP contribution in [0, 0.1) is 40.9 Å². The van der Waals surface area contributed by atoms with Crippen molar-refractivity contribution >= 4 is 10.8 Å². The smallest absolute Gasteiger partial charge is 0.195 e. The number of aryl methyl sites for hydroxylation is 1. The van der Waals surface area contributed by atoms with Gasteiger partial charge in [-0.25, -0.2) is 22.0 Å². The normalized spacial score (nSPS) is 10.8. The van der Waals surface area contributed by atoms with Crippen molar-refractivity contribution in [1.29, 1.82) is 0 Å². The van der Waals surface area contributed by atoms with Gasteiger partial charge in [0, 0.05) is 5.56 Å². The van der Waals surface area contributed by atoms with Crippen molar-refractivity contribution in [2.45, 2.75) is 19.8 Å². The van der Waals surface area contributed by atoms with Crippen molar-refractivity contribution in [3.8, 4) is 23.0 Å². The third kappa shape index (κ3) is 4.22. The van der Waals surface area contributed by atoms with Gasteiger partial charge >= 0.3 is 0 Å². The molecule has 32 heavy (non-hydrogen) atoms. The largest absolute Gasteiger partial charge is 0.206 e. The van der Waals surface area contributed by atoms with Crippen LogP contribution in [0.4, 0.5) is 22.0 Å². The second-order valence-corrected chi connectivity index (χ2v) is 7.43. The molecule has 4 rings (SSSR count). The zero-order valence-electron chi connectivity index (χ0n) is 17.1. The number of hydrogen-bond acceptors (Lipinski definition) is 0. The number of rotatable bonds is 3. The molecule has 4 aromatic carbocycles. The van der Waals surface area contributed by atoms with Crippen LogP contribution in [0.5, 0.6) is 0 Å². The molecule has 0 fully saturated rings. The van der Waals surface area contributed by atoms with E-state index < -0.39 is 34.5 Å². The summed E-state index contributed by atoms with van der Waals surface area (Å²) in [5, 5.41) is -0.831. The average Bonchev–Trinajstić information content (AvgIpc) is 2.77. The molecule has 0 unspecified atom stereocenters. The Balaban J connectivity index is 1.65. The minimum absolute atomic E-state index is 0.0791. The first-order chi connectivity index (χ1) is 15.4. The van der Waals surface area contributed by atoms with Gasteiger partial charge in [-0.15, -0.1) is 0 Å². The Labute approximate surface area is 182 Å². The highest BCUT2D eigenvalue weighted by molar-refractivity contribution is 5.85. The molecule has 5 heteroatoms. The molecule has 160 valence electrons. The van der Waals surface area contributed by atoms with Crippen molar-refractivity contribution in [3.05, 3.63) is 106 Å². The molecule has 0 radical (unpaired) electrons. The minimum atomic E-state index is -1.74. The van der Waals surface area contributed by atoms with Gasteiger partial charge in [-0.1, -0.05) is 55.5 Å². The summed E-state index contributed by atoms with van der Waals surface area (Å²) in [6, 6.07) is 15.3. The van der Waals surface area contributed by atoms with Crippen LogP contribution in [-0.4, -0.2) is 0 Å². The highest BCUT2D eigenvalue weighted by Gasteiger charge is 2.17. The zero-order valence-corrected chi connectivity index (χ0v) is 17.1. The van der Waals surface area contributed by atoms with Gasteiger partial charge in [0.25, 0.3) is 0 Å². The lowest BCUT2D eigenvalue weighted by atomic mass is 10.0. The van der Waals surface area contributed by atoms with Crippen molar-refractivity contribution in [2.75, 3.05) is 0 Å². The van der Waals surface area contributed by atoms with Gasteiger partial charge in [0.05, 0.1) is 10.9 Å². The van der Waals surface area contributed by atoms with E-state index in [0.717, 1.165) is 24.5 Å². The van der Waals surface area contributed by atoms with Crippen LogP contribution in [0.1, 0.15) is 30.0 Å². The SMILES string of the molecule is CCCc1ccc(-c2ccc(C#Cc3cc(F)c4c(F)c(F)c(F)cc4c3)c(F)c2)cc1. The lowest BCUT2D eigenvalue weighted by molar-refractivity contribution is 0.451. The molecule has 0 heterocycles. The lowest BCUT2D eigenvalue weighted by Crippen LogP contribution is -1.95. The first-order valence-electron chi connectivity index (χ1n) is 10.0. The van der Waals surface area contributed by atoms with E-state index in [9.17, 15) is 22.0 Å². The molecule has 0 aliphatic carbocycles. The molecule has 0 atom stereocenters. The van der Waals surface area contributed by atoms with Gasteiger partial charge in [0.15, 0.2) is 17.5 Å². The van der Waals surface area contributed by atoms with E-state index in [1.165, 1.54) is 23.8 Å². The molecule has 0 saturated carbocycles. The Morgan fingerprint density at radius 1 is 0.656 bits per heavy atom. The molecule has 0 saturated heterocycles. The Morgan fingerprint density at radius 3 is 2.06 bits per heavy atom. The Hall–Kier alpha value is -3.65. The molecule has 0 aromatic heterocycles. The van der Waals surface area contributed by atoms with Crippen molar-refractivity contribution in [2.24, 2.45) is 0 Å². The van der Waals surface area contributed by atoms with E-state index in [1.54, 1.807) is 6.07 Å². The third-order valence-corrected chi connectivity index (χ3v) is 5.16. The monoisotopic (exact) mass is 436 g/mol. The summed E-state index contributed by atoms with van der Waals surface area (Å²) < 4.78 is 69.6. The fraction of sp³-hybridized carbons (Fsp3) is 0.111. The molecular formula is C27H17F5. The van der Waals surface area contributed by atoms with Crippen LogP contribution in [0.15, 0.2) is 60.7 Å². The lowest BCUT2D eigenvalue weighted by Gasteiger charge is -2.05. The maximum atomic E-state index is 14.6. The molecule has 0 nitrogen and oxygen atoms in total. The van der Waals surface area contributed by atoms with E-state index >= 15 is 0 Å². The number of hydrogen-bond donors (Lipinski definition) is 0. The molecule has 0 bridgehead atoms. The summed E-state index contributed by atoms with van der Waals surface area (Å²) in [4.78, 5) is 0. The highest BCUT2D eigenvalue weighted by Crippen LogP contribution is 2.27. The number of fused-ring (bicyclic) bond motifs is 1. The van der Waals surface area contributed by atoms with Gasteiger partial charge in [-0.3, -0.25) is 0 Å². The van der Waals surface area contributed by atoms with Crippen LogP contribution >= 0.6 is 0 Å². The summed E-state index contributed by atoms with van der Waals surface area (Å²) >= 11 is 0. The van der Waals surface area contributed by atoms with Gasteiger partial charge in [-0.2, -0.15) is 0 Å². The van der Waals surface area contributed by atoms with Gasteiger partial charge in [0.2, 0.25) is 0 Å². The topological polar surface area (TPSA) is 0 Å². The minimum Gasteiger partial charge on any atom is -0.206 e. The van der Waals surface area contributed by atoms with Gasteiger partial charge < -0.3 is 0 Å². The Bertz CT molecular complexity index is 1380. The van der Waals surface area contributed by atoms with Crippen LogP contribution in [-0.2, 0) is 6.42 Å². The third-order valence-electron chi connectivity index (χ3n) is 5.16. The van der Waals surface area contributed by atoms with E-state index in [0.29, 0.717) is 11.6 Å². The fourth-order valence-electron chi connectivity index (χ4n) is 3.55. The van der Waals surface area contributed by atoms with E-state index in [2.05, 4.69) is 18.8 Å². The molecule has 0 N–H and O–H groups in total. The van der Waals surface area contributed by atoms with Crippen molar-refractivity contribution in [3.63, 3.8) is 0 Å². The summed E-state index contributed by atoms with van der Waals surface area (Å²) in [7, 11) is 0. The second-order valence-electron chi connectivity index (χ2n) is 7.43. The second kappa shape index (κ2) is 8.84. The van der Waals surface area contributed by atoms with Gasteiger partial charge in [0.1, 0.15) is 11.6 Å². The van der Waals surface area contributed by atoms with Crippen LogP contribution < -0.4 is 0 Å². The summed E-state index contributed by atoms with van der Waals surface area (Å²) in [6.07, 6.45) is 2.02. The summed E-state index contributed by atoms with van der Waals surface area (Å²) in [5.74, 6) is -1.17. The van der Waals surface area contributed by atoms with E-state index in [-0.39, 0.29) is 16.5 Å². The van der Waals surface area contributed by atoms with Crippen molar-refractivity contribution in [1.82, 2.24) is 0 Å². The maximum Gasteiger partial charge on any atom is 0.195 e. The van der Waals surface area contributed by atoms with Crippen LogP contribution in [0.25, 0.3) is 21.9 Å². The zero-order chi connectivity index (χ0) is 22.8. The maximum absolute atomic E-state index is 14.6. The molecule has 0 aliphatic rings. The van der Waals surface area contributed by atoms with Gasteiger partial charge in [-0.05, 0) is 58.8 Å². The average molecular weight is 436 g/mol. The standard InChI is InChI=1S/C27H17F5/c1-2-3-16-4-7-18(8-5-16)20-11-10-19(22(28)14-20)9-6-17-12-21-15-24(30)26(31)27(32)25(21)23(29)13-17/h4-5,7-8,10-15H,2-3H2,1H3. The Morgan fingerprint density at radius 2 is 1.38 bits per heavy atom. The highest BCUT2D eigenvalue weighted by atomic mass is 19.2. The van der Waals surface area contributed by atoms with Crippen LogP contribution in [0.3, 0.4) is 0 Å². The quantitative estimate of drug-likeness (QED) is 0.177. The number of halogens is 5. The molecule has 0 aliphatic heterocycles. The Kier molecular flexibility index (Phi) is 5.96. The first-order valence-corrected chi connectivity index (χ1v) is 10.0. The van der Waals surface area contributed by atoms with Crippen molar-refractivity contribution < 1.29 is 22.0 Å². The summed E-state index contributed by atoms with van der Waals surface area (Å²) in [6.45, 7) is 2.10. The predicted octanol–water partition coefficient (Wildman–Crippen LogP) is 7.55.